The lowest BCUT2D eigenvalue weighted by atomic mass is 10.1. The lowest BCUT2D eigenvalue weighted by Crippen LogP contribution is -2.49. The van der Waals surface area contributed by atoms with E-state index in [2.05, 4.69) is 15.5 Å². The highest BCUT2D eigenvalue weighted by Crippen LogP contribution is 2.17. The van der Waals surface area contributed by atoms with E-state index >= 15 is 0 Å². The van der Waals surface area contributed by atoms with Crippen molar-refractivity contribution in [2.24, 2.45) is 4.99 Å². The summed E-state index contributed by atoms with van der Waals surface area (Å²) in [7, 11) is 0. The largest absolute Gasteiger partial charge is 0.469 e. The Morgan fingerprint density at radius 3 is 2.75 bits per heavy atom. The fourth-order valence-corrected chi connectivity index (χ4v) is 3.72. The highest BCUT2D eigenvalue weighted by atomic mass is 127. The summed E-state index contributed by atoms with van der Waals surface area (Å²) in [4.78, 5) is 6.94. The first kappa shape index (κ1) is 23.4. The van der Waals surface area contributed by atoms with Crippen molar-refractivity contribution >= 4 is 29.9 Å². The Bertz CT molecular complexity index is 568. The minimum atomic E-state index is -0.858. The maximum absolute atomic E-state index is 10.8. The number of ether oxygens (including phenoxy) is 1. The second-order valence-corrected chi connectivity index (χ2v) is 7.93. The molecule has 0 radical (unpaired) electrons. The van der Waals surface area contributed by atoms with E-state index in [1.807, 2.05) is 19.1 Å². The monoisotopic (exact) mass is 506 g/mol. The quantitative estimate of drug-likeness (QED) is 0.284. The fourth-order valence-electron chi connectivity index (χ4n) is 3.72. The van der Waals surface area contributed by atoms with E-state index in [1.54, 1.807) is 6.26 Å². The second-order valence-electron chi connectivity index (χ2n) is 7.93. The normalized spacial score (nSPS) is 21.1. The Hall–Kier alpha value is -0.840. The number of β-amino-alcohol motifs (C(OH)–C–C–N with tert-alkyl or cyclic N) is 1. The molecule has 0 amide bonds. The Labute approximate surface area is 185 Å². The van der Waals surface area contributed by atoms with E-state index < -0.39 is 5.60 Å². The SMILES string of the molecule is CC(O)(CN=C(NCCc1ccco1)NC1CCCC1)CN1CCOCC1.I. The first-order chi connectivity index (χ1) is 13.1. The number of nitrogens with zero attached hydrogens (tertiary/aromatic N) is 2. The molecule has 7 nitrogen and oxygen atoms in total. The number of guanidine groups is 1. The summed E-state index contributed by atoms with van der Waals surface area (Å²) in [5, 5.41) is 17.7. The zero-order valence-corrected chi connectivity index (χ0v) is 19.2. The van der Waals surface area contributed by atoms with Crippen molar-refractivity contribution in [2.75, 3.05) is 45.9 Å². The van der Waals surface area contributed by atoms with Gasteiger partial charge in [-0.2, -0.15) is 0 Å². The van der Waals surface area contributed by atoms with Crippen LogP contribution in [0.1, 0.15) is 38.4 Å². The van der Waals surface area contributed by atoms with Gasteiger partial charge in [0.1, 0.15) is 5.76 Å². The van der Waals surface area contributed by atoms with Crippen LogP contribution in [0.2, 0.25) is 0 Å². The molecule has 1 saturated carbocycles. The highest BCUT2D eigenvalue weighted by molar-refractivity contribution is 14.0. The van der Waals surface area contributed by atoms with E-state index in [4.69, 9.17) is 14.1 Å². The third kappa shape index (κ3) is 8.26. The molecule has 8 heteroatoms. The smallest absolute Gasteiger partial charge is 0.191 e. The molecule has 1 aliphatic carbocycles. The standard InChI is InChI=1S/C20H34N4O3.HI/c1-20(25,16-24-10-13-26-14-11-24)15-22-19(23-17-5-2-3-6-17)21-9-8-18-7-4-12-27-18;/h4,7,12,17,25H,2-3,5-6,8-11,13-16H2,1H3,(H2,21,22,23);1H. The molecular formula is C20H35IN4O3. The van der Waals surface area contributed by atoms with Crippen LogP contribution >= 0.6 is 24.0 Å². The van der Waals surface area contributed by atoms with Gasteiger partial charge >= 0.3 is 0 Å². The molecule has 2 aliphatic rings. The number of hydrogen-bond acceptors (Lipinski definition) is 5. The van der Waals surface area contributed by atoms with Crippen molar-refractivity contribution in [1.29, 1.82) is 0 Å². The van der Waals surface area contributed by atoms with Gasteiger partial charge in [-0.3, -0.25) is 9.89 Å². The molecule has 1 aliphatic heterocycles. The van der Waals surface area contributed by atoms with Gasteiger partial charge < -0.3 is 24.9 Å². The highest BCUT2D eigenvalue weighted by Gasteiger charge is 2.25. The van der Waals surface area contributed by atoms with Crippen molar-refractivity contribution in [3.05, 3.63) is 24.2 Å². The van der Waals surface area contributed by atoms with Crippen LogP contribution in [0.5, 0.6) is 0 Å². The molecule has 0 aromatic carbocycles. The van der Waals surface area contributed by atoms with Crippen molar-refractivity contribution in [1.82, 2.24) is 15.5 Å². The molecule has 1 unspecified atom stereocenters. The number of hydrogen-bond donors (Lipinski definition) is 3. The van der Waals surface area contributed by atoms with Crippen LogP contribution in [0.25, 0.3) is 0 Å². The summed E-state index contributed by atoms with van der Waals surface area (Å²) in [5.74, 6) is 1.75. The summed E-state index contributed by atoms with van der Waals surface area (Å²) >= 11 is 0. The second kappa shape index (κ2) is 12.0. The average molecular weight is 506 g/mol. The number of halogens is 1. The Morgan fingerprint density at radius 2 is 2.07 bits per heavy atom. The molecule has 3 N–H and O–H groups in total. The third-order valence-electron chi connectivity index (χ3n) is 5.19. The van der Waals surface area contributed by atoms with Crippen molar-refractivity contribution in [3.8, 4) is 0 Å². The van der Waals surface area contributed by atoms with Gasteiger partial charge in [0.2, 0.25) is 0 Å². The summed E-state index contributed by atoms with van der Waals surface area (Å²) in [6, 6.07) is 4.36. The van der Waals surface area contributed by atoms with Gasteiger partial charge in [-0.05, 0) is 31.9 Å². The number of rotatable bonds is 8. The van der Waals surface area contributed by atoms with Crippen molar-refractivity contribution in [2.45, 2.75) is 50.7 Å². The molecule has 2 heterocycles. The molecule has 2 fully saturated rings. The van der Waals surface area contributed by atoms with Gasteiger partial charge in [0.25, 0.3) is 0 Å². The molecule has 160 valence electrons. The first-order valence-electron chi connectivity index (χ1n) is 10.2. The lowest BCUT2D eigenvalue weighted by molar-refractivity contribution is -0.0180. The van der Waals surface area contributed by atoms with Gasteiger partial charge in [0, 0.05) is 38.6 Å². The van der Waals surface area contributed by atoms with Gasteiger partial charge in [-0.25, -0.2) is 0 Å². The predicted molar refractivity (Wildman–Crippen MR) is 121 cm³/mol. The fraction of sp³-hybridized carbons (Fsp3) is 0.750. The molecule has 1 aromatic heterocycles. The Morgan fingerprint density at radius 1 is 1.32 bits per heavy atom. The van der Waals surface area contributed by atoms with Crippen LogP contribution < -0.4 is 10.6 Å². The van der Waals surface area contributed by atoms with Gasteiger partial charge in [0.05, 0.1) is 31.6 Å². The van der Waals surface area contributed by atoms with Crippen LogP contribution in [-0.2, 0) is 11.2 Å². The summed E-state index contributed by atoms with van der Waals surface area (Å²) in [5.41, 5.74) is -0.858. The van der Waals surface area contributed by atoms with E-state index in [1.165, 1.54) is 25.7 Å². The minimum Gasteiger partial charge on any atom is -0.469 e. The molecule has 28 heavy (non-hydrogen) atoms. The summed E-state index contributed by atoms with van der Waals surface area (Å²) in [6.07, 6.45) is 7.41. The van der Waals surface area contributed by atoms with Crippen LogP contribution in [0.15, 0.2) is 27.8 Å². The molecule has 1 atom stereocenters. The molecule has 1 saturated heterocycles. The van der Waals surface area contributed by atoms with E-state index in [9.17, 15) is 5.11 Å². The molecular weight excluding hydrogens is 471 g/mol. The predicted octanol–water partition coefficient (Wildman–Crippen LogP) is 2.00. The average Bonchev–Trinajstić information content (AvgIpc) is 3.34. The molecule has 3 rings (SSSR count). The lowest BCUT2D eigenvalue weighted by Gasteiger charge is -2.33. The van der Waals surface area contributed by atoms with Gasteiger partial charge in [-0.1, -0.05) is 12.8 Å². The number of furan rings is 1. The van der Waals surface area contributed by atoms with Crippen molar-refractivity contribution in [3.63, 3.8) is 0 Å². The maximum Gasteiger partial charge on any atom is 0.191 e. The van der Waals surface area contributed by atoms with E-state index in [-0.39, 0.29) is 24.0 Å². The van der Waals surface area contributed by atoms with Gasteiger partial charge in [0.15, 0.2) is 5.96 Å². The molecule has 0 bridgehead atoms. The van der Waals surface area contributed by atoms with Crippen LogP contribution in [0, 0.1) is 0 Å². The minimum absolute atomic E-state index is 0. The summed E-state index contributed by atoms with van der Waals surface area (Å²) in [6.45, 7) is 6.81. The Balaban J connectivity index is 0.00000280. The zero-order valence-electron chi connectivity index (χ0n) is 16.9. The van der Waals surface area contributed by atoms with Crippen LogP contribution in [0.3, 0.4) is 0 Å². The number of nitrogens with one attached hydrogen (secondary N) is 2. The van der Waals surface area contributed by atoms with Crippen LogP contribution in [-0.4, -0.2) is 73.5 Å². The third-order valence-corrected chi connectivity index (χ3v) is 5.19. The van der Waals surface area contributed by atoms with E-state index in [0.717, 1.165) is 51.0 Å². The summed E-state index contributed by atoms with van der Waals surface area (Å²) < 4.78 is 10.8. The van der Waals surface area contributed by atoms with Crippen LogP contribution in [0.4, 0.5) is 0 Å². The van der Waals surface area contributed by atoms with Crippen molar-refractivity contribution < 1.29 is 14.3 Å². The van der Waals surface area contributed by atoms with E-state index in [0.29, 0.717) is 19.1 Å². The topological polar surface area (TPSA) is 82.3 Å². The Kier molecular flexibility index (Phi) is 10.0. The number of morpholine rings is 1. The first-order valence-corrected chi connectivity index (χ1v) is 10.2. The number of aliphatic hydroxyl groups is 1. The molecule has 1 aromatic rings. The molecule has 0 spiro atoms. The zero-order chi connectivity index (χ0) is 19.0. The van der Waals surface area contributed by atoms with Gasteiger partial charge in [-0.15, -0.1) is 24.0 Å². The number of aliphatic imine (C=N–C) groups is 1. The maximum atomic E-state index is 10.8.